The van der Waals surface area contributed by atoms with Crippen LogP contribution in [-0.2, 0) is 0 Å². The molecule has 5 N–H and O–H groups in total. The fraction of sp³-hybridized carbons (Fsp3) is 0. The normalized spacial score (nSPS) is 9.88. The average Bonchev–Trinajstić information content (AvgIpc) is 2.13. The maximum atomic E-state index is 9.44. The third-order valence-corrected chi connectivity index (χ3v) is 2.65. The first-order valence-corrected chi connectivity index (χ1v) is 5.40. The van der Waals surface area contributed by atoms with Crippen LogP contribution < -0.4 is 11.2 Å². The molecule has 0 radical (unpaired) electrons. The summed E-state index contributed by atoms with van der Waals surface area (Å²) in [6.07, 6.45) is 1.48. The van der Waals surface area contributed by atoms with Gasteiger partial charge < -0.3 is 10.8 Å². The van der Waals surface area contributed by atoms with Crippen molar-refractivity contribution in [3.8, 4) is 5.75 Å². The maximum Gasteiger partial charge on any atom is 0.206 e. The Balaban J connectivity index is 0.00000225. The smallest absolute Gasteiger partial charge is 0.206 e. The third-order valence-electron chi connectivity index (χ3n) is 1.44. The number of benzene rings is 1. The van der Waals surface area contributed by atoms with E-state index in [4.69, 9.17) is 11.1 Å². The highest BCUT2D eigenvalue weighted by Gasteiger charge is 2.04. The van der Waals surface area contributed by atoms with E-state index in [1.807, 2.05) is 0 Å². The highest BCUT2D eigenvalue weighted by atomic mass is 79.9. The van der Waals surface area contributed by atoms with Gasteiger partial charge in [-0.05, 0) is 49.6 Å². The first-order valence-electron chi connectivity index (χ1n) is 3.82. The number of nitrogens with zero attached hydrogens (tertiary/aromatic N) is 1. The van der Waals surface area contributed by atoms with Crippen LogP contribution in [0.15, 0.2) is 26.2 Å². The first kappa shape index (κ1) is 15.2. The van der Waals surface area contributed by atoms with Gasteiger partial charge in [0.1, 0.15) is 5.75 Å². The third kappa shape index (κ3) is 4.38. The van der Waals surface area contributed by atoms with Gasteiger partial charge in [-0.2, -0.15) is 5.10 Å². The number of nitrogens with one attached hydrogen (secondary N) is 2. The summed E-state index contributed by atoms with van der Waals surface area (Å²) >= 11 is 6.38. The average molecular weight is 372 g/mol. The molecule has 0 aromatic heterocycles. The van der Waals surface area contributed by atoms with Crippen LogP contribution in [0.25, 0.3) is 0 Å². The zero-order valence-corrected chi connectivity index (χ0v) is 11.9. The molecule has 1 aromatic rings. The molecule has 0 aliphatic heterocycles. The lowest BCUT2D eigenvalue weighted by Gasteiger charge is -2.01. The van der Waals surface area contributed by atoms with E-state index in [1.54, 1.807) is 12.1 Å². The Bertz CT molecular complexity index is 401. The minimum atomic E-state index is -0.233. The van der Waals surface area contributed by atoms with Crippen molar-refractivity contribution in [1.29, 1.82) is 5.41 Å². The van der Waals surface area contributed by atoms with Gasteiger partial charge in [-0.3, -0.25) is 5.41 Å². The largest absolute Gasteiger partial charge is 0.506 e. The topological polar surface area (TPSA) is 94.5 Å². The van der Waals surface area contributed by atoms with Gasteiger partial charge in [-0.15, -0.1) is 12.4 Å². The predicted octanol–water partition coefficient (Wildman–Crippen LogP) is 2.16. The lowest BCUT2D eigenvalue weighted by Crippen LogP contribution is -2.25. The SMILES string of the molecule is Cl.N=C(N)NN=Cc1cc(Br)c(O)c(Br)c1. The minimum Gasteiger partial charge on any atom is -0.506 e. The molecule has 0 aliphatic carbocycles. The highest BCUT2D eigenvalue weighted by molar-refractivity contribution is 9.11. The zero-order chi connectivity index (χ0) is 11.4. The van der Waals surface area contributed by atoms with E-state index in [0.29, 0.717) is 8.95 Å². The second kappa shape index (κ2) is 6.72. The Hall–Kier alpha value is -0.790. The number of hydrogen-bond acceptors (Lipinski definition) is 3. The van der Waals surface area contributed by atoms with Crippen molar-refractivity contribution >= 4 is 56.4 Å². The van der Waals surface area contributed by atoms with Crippen molar-refractivity contribution in [2.45, 2.75) is 0 Å². The summed E-state index contributed by atoms with van der Waals surface area (Å²) in [4.78, 5) is 0. The van der Waals surface area contributed by atoms with E-state index < -0.39 is 0 Å². The summed E-state index contributed by atoms with van der Waals surface area (Å²) in [5.74, 6) is -0.102. The number of hydrogen-bond donors (Lipinski definition) is 4. The van der Waals surface area contributed by atoms with Gasteiger partial charge in [0.25, 0.3) is 0 Å². The Labute approximate surface area is 115 Å². The van der Waals surface area contributed by atoms with Crippen LogP contribution in [0.5, 0.6) is 5.75 Å². The van der Waals surface area contributed by atoms with Crippen LogP contribution >= 0.6 is 44.3 Å². The summed E-state index contributed by atoms with van der Waals surface area (Å²) in [6, 6.07) is 3.37. The highest BCUT2D eigenvalue weighted by Crippen LogP contribution is 2.32. The Kier molecular flexibility index (Phi) is 6.39. The predicted molar refractivity (Wildman–Crippen MR) is 73.4 cm³/mol. The molecular formula is C8H9Br2ClN4O. The summed E-state index contributed by atoms with van der Waals surface area (Å²) in [5.41, 5.74) is 8.08. The molecule has 88 valence electrons. The number of nitrogens with two attached hydrogens (primary N) is 1. The quantitative estimate of drug-likeness (QED) is 0.364. The molecule has 0 saturated heterocycles. The van der Waals surface area contributed by atoms with Crippen molar-refractivity contribution < 1.29 is 5.11 Å². The molecule has 0 aliphatic rings. The maximum absolute atomic E-state index is 9.44. The van der Waals surface area contributed by atoms with Gasteiger partial charge in [-0.1, -0.05) is 0 Å². The lowest BCUT2D eigenvalue weighted by atomic mass is 10.2. The monoisotopic (exact) mass is 370 g/mol. The van der Waals surface area contributed by atoms with Gasteiger partial charge in [0, 0.05) is 0 Å². The van der Waals surface area contributed by atoms with Crippen LogP contribution in [-0.4, -0.2) is 17.3 Å². The van der Waals surface area contributed by atoms with Crippen molar-refractivity contribution in [1.82, 2.24) is 5.43 Å². The summed E-state index contributed by atoms with van der Waals surface area (Å²) in [6.45, 7) is 0. The Morgan fingerprint density at radius 2 is 1.94 bits per heavy atom. The fourth-order valence-corrected chi connectivity index (χ4v) is 2.06. The lowest BCUT2D eigenvalue weighted by molar-refractivity contribution is 0.468. The molecule has 0 bridgehead atoms. The van der Waals surface area contributed by atoms with Crippen LogP contribution in [0.3, 0.4) is 0 Å². The first-order chi connectivity index (χ1) is 7.00. The van der Waals surface area contributed by atoms with Gasteiger partial charge in [-0.25, -0.2) is 5.43 Å². The second-order valence-corrected chi connectivity index (χ2v) is 4.33. The molecule has 0 amide bonds. The molecule has 0 saturated carbocycles. The van der Waals surface area contributed by atoms with Crippen molar-refractivity contribution in [3.05, 3.63) is 26.6 Å². The van der Waals surface area contributed by atoms with E-state index in [1.165, 1.54) is 6.21 Å². The van der Waals surface area contributed by atoms with Gasteiger partial charge in [0.15, 0.2) is 0 Å². The fourth-order valence-electron chi connectivity index (χ4n) is 0.836. The van der Waals surface area contributed by atoms with E-state index in [-0.39, 0.29) is 24.1 Å². The number of phenolic OH excluding ortho intramolecular Hbond substituents is 1. The molecule has 0 heterocycles. The molecule has 1 rings (SSSR count). The number of phenols is 1. The number of halogens is 3. The molecule has 0 fully saturated rings. The standard InChI is InChI=1S/C8H8Br2N4O.ClH/c9-5-1-4(2-6(10)7(5)15)3-13-14-8(11)12;/h1-3,15H,(H4,11,12,14);1H. The number of hydrazone groups is 1. The molecule has 0 atom stereocenters. The number of rotatable bonds is 2. The summed E-state index contributed by atoms with van der Waals surface area (Å²) in [7, 11) is 0. The van der Waals surface area contributed by atoms with Gasteiger partial charge in [0.05, 0.1) is 15.2 Å². The van der Waals surface area contributed by atoms with E-state index in [2.05, 4.69) is 42.4 Å². The Morgan fingerprint density at radius 3 is 2.38 bits per heavy atom. The molecular weight excluding hydrogens is 363 g/mol. The van der Waals surface area contributed by atoms with Crippen molar-refractivity contribution in [2.75, 3.05) is 0 Å². The summed E-state index contributed by atoms with van der Waals surface area (Å²) < 4.78 is 1.11. The minimum absolute atomic E-state index is 0. The molecule has 0 spiro atoms. The van der Waals surface area contributed by atoms with Gasteiger partial charge >= 0.3 is 0 Å². The van der Waals surface area contributed by atoms with Crippen LogP contribution in [0.4, 0.5) is 0 Å². The Morgan fingerprint density at radius 1 is 1.44 bits per heavy atom. The number of guanidine groups is 1. The zero-order valence-electron chi connectivity index (χ0n) is 7.87. The van der Waals surface area contributed by atoms with Crippen molar-refractivity contribution in [2.24, 2.45) is 10.8 Å². The van der Waals surface area contributed by atoms with Crippen molar-refractivity contribution in [3.63, 3.8) is 0 Å². The second-order valence-electron chi connectivity index (χ2n) is 2.62. The van der Waals surface area contributed by atoms with Crippen LogP contribution in [0, 0.1) is 5.41 Å². The molecule has 0 unspecified atom stereocenters. The molecule has 5 nitrogen and oxygen atoms in total. The molecule has 8 heteroatoms. The number of aromatic hydroxyl groups is 1. The molecule has 16 heavy (non-hydrogen) atoms. The van der Waals surface area contributed by atoms with E-state index in [0.717, 1.165) is 5.56 Å². The van der Waals surface area contributed by atoms with E-state index >= 15 is 0 Å². The van der Waals surface area contributed by atoms with Gasteiger partial charge in [0.2, 0.25) is 5.96 Å². The van der Waals surface area contributed by atoms with Crippen LogP contribution in [0.1, 0.15) is 5.56 Å². The molecule has 1 aromatic carbocycles. The van der Waals surface area contributed by atoms with E-state index in [9.17, 15) is 5.11 Å². The van der Waals surface area contributed by atoms with Crippen LogP contribution in [0.2, 0.25) is 0 Å². The summed E-state index contributed by atoms with van der Waals surface area (Å²) in [5, 5.41) is 20.0.